The van der Waals surface area contributed by atoms with Crippen molar-refractivity contribution in [2.24, 2.45) is 5.41 Å². The third-order valence-electron chi connectivity index (χ3n) is 3.60. The van der Waals surface area contributed by atoms with Crippen LogP contribution in [0.25, 0.3) is 0 Å². The predicted molar refractivity (Wildman–Crippen MR) is 82.2 cm³/mol. The number of carbonyl (C=O) groups excluding carboxylic acids is 1. The molecule has 0 N–H and O–H groups in total. The second-order valence-electron chi connectivity index (χ2n) is 5.60. The summed E-state index contributed by atoms with van der Waals surface area (Å²) in [7, 11) is 1.46. The molecule has 0 radical (unpaired) electrons. The van der Waals surface area contributed by atoms with Gasteiger partial charge in [-0.1, -0.05) is 61.7 Å². The van der Waals surface area contributed by atoms with Gasteiger partial charge in [0.05, 0.1) is 13.0 Å². The van der Waals surface area contributed by atoms with E-state index in [0.717, 1.165) is 29.3 Å². The molecule has 2 nitrogen and oxygen atoms in total. The summed E-state index contributed by atoms with van der Waals surface area (Å²) < 4.78 is 6.03. The molecule has 1 atom stereocenters. The van der Waals surface area contributed by atoms with Crippen LogP contribution >= 0.6 is 15.9 Å². The molecule has 1 aromatic rings. The van der Waals surface area contributed by atoms with Crippen molar-refractivity contribution in [3.63, 3.8) is 0 Å². The van der Waals surface area contributed by atoms with Crippen molar-refractivity contribution in [1.29, 1.82) is 0 Å². The molecule has 0 unspecified atom stereocenters. The zero-order valence-electron chi connectivity index (χ0n) is 12.2. The second kappa shape index (κ2) is 7.09. The number of halogens is 1. The third-order valence-corrected chi connectivity index (χ3v) is 4.13. The largest absolute Gasteiger partial charge is 0.469 e. The van der Waals surface area contributed by atoms with Gasteiger partial charge < -0.3 is 4.74 Å². The SMILES string of the molecule is CCCCC(C)(C)[C@@H](C(=O)OC)c1ccc(Br)cc1. The lowest BCUT2D eigenvalue weighted by molar-refractivity contribution is -0.145. The van der Waals surface area contributed by atoms with Gasteiger partial charge in [-0.3, -0.25) is 4.79 Å². The van der Waals surface area contributed by atoms with Crippen LogP contribution < -0.4 is 0 Å². The van der Waals surface area contributed by atoms with Crippen LogP contribution in [0.2, 0.25) is 0 Å². The van der Waals surface area contributed by atoms with E-state index in [2.05, 4.69) is 36.7 Å². The van der Waals surface area contributed by atoms with Gasteiger partial charge in [0.25, 0.3) is 0 Å². The van der Waals surface area contributed by atoms with Gasteiger partial charge in [-0.05, 0) is 29.5 Å². The molecule has 0 aliphatic rings. The lowest BCUT2D eigenvalue weighted by atomic mass is 9.72. The van der Waals surface area contributed by atoms with Gasteiger partial charge in [-0.15, -0.1) is 0 Å². The minimum atomic E-state index is -0.211. The molecule has 1 rings (SSSR count). The Hall–Kier alpha value is -0.830. The van der Waals surface area contributed by atoms with E-state index in [4.69, 9.17) is 4.74 Å². The summed E-state index contributed by atoms with van der Waals surface area (Å²) >= 11 is 3.42. The standard InChI is InChI=1S/C16H23BrO2/c1-5-6-11-16(2,3)14(15(18)19-4)12-7-9-13(17)10-8-12/h7-10,14H,5-6,11H2,1-4H3/t14-/m1/s1. The van der Waals surface area contributed by atoms with Crippen LogP contribution in [0.5, 0.6) is 0 Å². The highest BCUT2D eigenvalue weighted by Crippen LogP contribution is 2.40. The first-order valence-electron chi connectivity index (χ1n) is 6.75. The number of benzene rings is 1. The Morgan fingerprint density at radius 1 is 1.32 bits per heavy atom. The molecule has 0 saturated carbocycles. The summed E-state index contributed by atoms with van der Waals surface area (Å²) in [5.41, 5.74) is 0.924. The van der Waals surface area contributed by atoms with Crippen molar-refractivity contribution in [1.82, 2.24) is 0 Å². The molecule has 1 aromatic carbocycles. The Morgan fingerprint density at radius 2 is 1.89 bits per heavy atom. The molecule has 3 heteroatoms. The number of carbonyl (C=O) groups is 1. The first kappa shape index (κ1) is 16.2. The van der Waals surface area contributed by atoms with Crippen LogP contribution in [0.4, 0.5) is 0 Å². The normalized spacial score (nSPS) is 13.1. The third kappa shape index (κ3) is 4.34. The van der Waals surface area contributed by atoms with Crippen LogP contribution in [0.3, 0.4) is 0 Å². The Kier molecular flexibility index (Phi) is 6.05. The highest BCUT2D eigenvalue weighted by atomic mass is 79.9. The summed E-state index contributed by atoms with van der Waals surface area (Å²) in [5.74, 6) is -0.361. The maximum absolute atomic E-state index is 12.2. The van der Waals surface area contributed by atoms with Crippen LogP contribution in [-0.4, -0.2) is 13.1 Å². The molecule has 0 heterocycles. The number of rotatable bonds is 6. The van der Waals surface area contributed by atoms with Crippen molar-refractivity contribution < 1.29 is 9.53 Å². The maximum Gasteiger partial charge on any atom is 0.313 e. The molecule has 0 aliphatic heterocycles. The smallest absolute Gasteiger partial charge is 0.313 e. The molecular weight excluding hydrogens is 304 g/mol. The molecule has 0 aliphatic carbocycles. The topological polar surface area (TPSA) is 26.3 Å². The number of esters is 1. The molecular formula is C16H23BrO2. The average molecular weight is 327 g/mol. The molecule has 19 heavy (non-hydrogen) atoms. The highest BCUT2D eigenvalue weighted by molar-refractivity contribution is 9.10. The van der Waals surface area contributed by atoms with Gasteiger partial charge in [0.1, 0.15) is 0 Å². The van der Waals surface area contributed by atoms with E-state index in [1.165, 1.54) is 7.11 Å². The van der Waals surface area contributed by atoms with E-state index < -0.39 is 0 Å². The molecule has 0 aromatic heterocycles. The Labute approximate surface area is 124 Å². The van der Waals surface area contributed by atoms with E-state index in [1.807, 2.05) is 24.3 Å². The fourth-order valence-electron chi connectivity index (χ4n) is 2.46. The number of methoxy groups -OCH3 is 1. The van der Waals surface area contributed by atoms with Crippen molar-refractivity contribution >= 4 is 21.9 Å². The van der Waals surface area contributed by atoms with E-state index >= 15 is 0 Å². The Morgan fingerprint density at radius 3 is 2.37 bits per heavy atom. The van der Waals surface area contributed by atoms with E-state index in [9.17, 15) is 4.79 Å². The zero-order valence-corrected chi connectivity index (χ0v) is 13.8. The Bertz CT molecular complexity index is 409. The van der Waals surface area contributed by atoms with Crippen molar-refractivity contribution in [3.8, 4) is 0 Å². The van der Waals surface area contributed by atoms with Crippen molar-refractivity contribution in [2.75, 3.05) is 7.11 Å². The van der Waals surface area contributed by atoms with E-state index in [-0.39, 0.29) is 17.3 Å². The fourth-order valence-corrected chi connectivity index (χ4v) is 2.72. The monoisotopic (exact) mass is 326 g/mol. The van der Waals surface area contributed by atoms with Gasteiger partial charge >= 0.3 is 5.97 Å². The van der Waals surface area contributed by atoms with Gasteiger partial charge in [0, 0.05) is 4.47 Å². The van der Waals surface area contributed by atoms with Crippen molar-refractivity contribution in [2.45, 2.75) is 46.0 Å². The van der Waals surface area contributed by atoms with Crippen LogP contribution in [0.1, 0.15) is 51.5 Å². The number of hydrogen-bond acceptors (Lipinski definition) is 2. The molecule has 0 spiro atoms. The quantitative estimate of drug-likeness (QED) is 0.693. The predicted octanol–water partition coefficient (Wildman–Crippen LogP) is 4.92. The summed E-state index contributed by atoms with van der Waals surface area (Å²) in [6.45, 7) is 6.46. The second-order valence-corrected chi connectivity index (χ2v) is 6.52. The Balaban J connectivity index is 3.07. The van der Waals surface area contributed by atoms with Gasteiger partial charge in [-0.2, -0.15) is 0 Å². The number of hydrogen-bond donors (Lipinski definition) is 0. The molecule has 0 fully saturated rings. The number of unbranched alkanes of at least 4 members (excludes halogenated alkanes) is 1. The lowest BCUT2D eigenvalue weighted by Crippen LogP contribution is -2.30. The summed E-state index contributed by atoms with van der Waals surface area (Å²) in [6, 6.07) is 7.95. The maximum atomic E-state index is 12.2. The van der Waals surface area contributed by atoms with E-state index in [1.54, 1.807) is 0 Å². The first-order valence-corrected chi connectivity index (χ1v) is 7.55. The summed E-state index contributed by atoms with van der Waals surface area (Å²) in [4.78, 5) is 12.2. The molecule has 0 amide bonds. The summed E-state index contributed by atoms with van der Waals surface area (Å²) in [5, 5.41) is 0. The van der Waals surface area contributed by atoms with Gasteiger partial charge in [0.15, 0.2) is 0 Å². The first-order chi connectivity index (χ1) is 8.92. The van der Waals surface area contributed by atoms with Crippen molar-refractivity contribution in [3.05, 3.63) is 34.3 Å². The van der Waals surface area contributed by atoms with Crippen LogP contribution in [0.15, 0.2) is 28.7 Å². The average Bonchev–Trinajstić information content (AvgIpc) is 2.38. The lowest BCUT2D eigenvalue weighted by Gasteiger charge is -2.33. The van der Waals surface area contributed by atoms with Gasteiger partial charge in [-0.25, -0.2) is 0 Å². The zero-order chi connectivity index (χ0) is 14.5. The van der Waals surface area contributed by atoms with Gasteiger partial charge in [0.2, 0.25) is 0 Å². The van der Waals surface area contributed by atoms with Crippen LogP contribution in [0, 0.1) is 5.41 Å². The molecule has 0 bridgehead atoms. The van der Waals surface area contributed by atoms with Crippen LogP contribution in [-0.2, 0) is 9.53 Å². The minimum Gasteiger partial charge on any atom is -0.469 e. The molecule has 0 saturated heterocycles. The number of ether oxygens (including phenoxy) is 1. The molecule has 106 valence electrons. The highest BCUT2D eigenvalue weighted by Gasteiger charge is 2.36. The fraction of sp³-hybridized carbons (Fsp3) is 0.562. The minimum absolute atomic E-state index is 0.100. The van der Waals surface area contributed by atoms with E-state index in [0.29, 0.717) is 0 Å². The summed E-state index contributed by atoms with van der Waals surface area (Å²) in [6.07, 6.45) is 3.27.